The van der Waals surface area contributed by atoms with E-state index >= 15 is 0 Å². The summed E-state index contributed by atoms with van der Waals surface area (Å²) in [6, 6.07) is 8.85. The van der Waals surface area contributed by atoms with Gasteiger partial charge in [-0.1, -0.05) is 38.1 Å². The third-order valence-corrected chi connectivity index (χ3v) is 3.72. The molecule has 2 aromatic rings. The molecule has 21 heavy (non-hydrogen) atoms. The third-order valence-electron chi connectivity index (χ3n) is 3.72. The summed E-state index contributed by atoms with van der Waals surface area (Å²) < 4.78 is 1.95. The van der Waals surface area contributed by atoms with Crippen molar-refractivity contribution in [3.63, 3.8) is 0 Å². The van der Waals surface area contributed by atoms with Crippen LogP contribution in [0.2, 0.25) is 0 Å². The Morgan fingerprint density at radius 3 is 2.48 bits per heavy atom. The second kappa shape index (κ2) is 7.36. The van der Waals surface area contributed by atoms with Crippen LogP contribution in [0.4, 0.5) is 0 Å². The first kappa shape index (κ1) is 15.7. The first-order chi connectivity index (χ1) is 10.1. The van der Waals surface area contributed by atoms with E-state index in [2.05, 4.69) is 53.5 Å². The first-order valence-electron chi connectivity index (χ1n) is 7.77. The van der Waals surface area contributed by atoms with Crippen molar-refractivity contribution in [3.05, 3.63) is 47.0 Å². The molecule has 0 radical (unpaired) electrons. The first-order valence-corrected chi connectivity index (χ1v) is 7.77. The number of aryl methyl sites for hydroxylation is 2. The van der Waals surface area contributed by atoms with Gasteiger partial charge in [-0.2, -0.15) is 5.10 Å². The smallest absolute Gasteiger partial charge is 0.147 e. The summed E-state index contributed by atoms with van der Waals surface area (Å²) in [6.07, 6.45) is 1.18. The molecule has 0 bridgehead atoms. The van der Waals surface area contributed by atoms with Gasteiger partial charge in [0.25, 0.3) is 0 Å². The lowest BCUT2D eigenvalue weighted by Crippen LogP contribution is -2.20. The van der Waals surface area contributed by atoms with Crippen molar-refractivity contribution < 1.29 is 0 Å². The van der Waals surface area contributed by atoms with Gasteiger partial charge >= 0.3 is 0 Å². The molecule has 0 aliphatic rings. The van der Waals surface area contributed by atoms with E-state index in [1.165, 1.54) is 17.5 Å². The molecule has 0 aliphatic carbocycles. The number of aromatic nitrogens is 3. The van der Waals surface area contributed by atoms with Gasteiger partial charge in [0.2, 0.25) is 0 Å². The summed E-state index contributed by atoms with van der Waals surface area (Å²) in [5, 5.41) is 7.88. The molecule has 0 aliphatic heterocycles. The molecule has 1 unspecified atom stereocenters. The monoisotopic (exact) mass is 286 g/mol. The maximum Gasteiger partial charge on any atom is 0.147 e. The zero-order valence-electron chi connectivity index (χ0n) is 13.6. The molecule has 1 heterocycles. The topological polar surface area (TPSA) is 42.7 Å². The summed E-state index contributed by atoms with van der Waals surface area (Å²) in [4.78, 5) is 4.34. The Morgan fingerprint density at radius 1 is 1.19 bits per heavy atom. The summed E-state index contributed by atoms with van der Waals surface area (Å²) in [6.45, 7) is 11.3. The molecular formula is C17H26N4. The van der Waals surface area contributed by atoms with E-state index in [9.17, 15) is 0 Å². The molecule has 0 saturated heterocycles. The highest BCUT2D eigenvalue weighted by molar-refractivity contribution is 5.25. The van der Waals surface area contributed by atoms with Gasteiger partial charge in [-0.05, 0) is 43.9 Å². The van der Waals surface area contributed by atoms with Gasteiger partial charge in [0.05, 0.1) is 6.54 Å². The Balaban J connectivity index is 1.97. The minimum absolute atomic E-state index is 0.543. The molecule has 1 aromatic carbocycles. The molecule has 2 rings (SSSR count). The summed E-state index contributed by atoms with van der Waals surface area (Å²) in [5.41, 5.74) is 2.65. The van der Waals surface area contributed by atoms with Crippen LogP contribution < -0.4 is 5.32 Å². The molecule has 0 amide bonds. The standard InChI is InChI=1S/C17H26N4/c1-5-10-18-11-13(2)17-8-6-16(7-9-17)12-21-15(4)19-14(3)20-21/h6-9,13,18H,5,10-12H2,1-4H3. The van der Waals surface area contributed by atoms with Crippen LogP contribution in [-0.4, -0.2) is 27.9 Å². The zero-order valence-corrected chi connectivity index (χ0v) is 13.6. The van der Waals surface area contributed by atoms with Crippen LogP contribution in [0.3, 0.4) is 0 Å². The zero-order chi connectivity index (χ0) is 15.2. The number of rotatable bonds is 7. The van der Waals surface area contributed by atoms with Crippen molar-refractivity contribution in [1.82, 2.24) is 20.1 Å². The second-order valence-electron chi connectivity index (χ2n) is 5.71. The molecule has 1 atom stereocenters. The number of hydrogen-bond donors (Lipinski definition) is 1. The van der Waals surface area contributed by atoms with Crippen molar-refractivity contribution in [2.24, 2.45) is 0 Å². The molecule has 1 aromatic heterocycles. The van der Waals surface area contributed by atoms with E-state index < -0.39 is 0 Å². The Hall–Kier alpha value is -1.68. The highest BCUT2D eigenvalue weighted by Gasteiger charge is 2.06. The van der Waals surface area contributed by atoms with Gasteiger partial charge in [-0.15, -0.1) is 0 Å². The lowest BCUT2D eigenvalue weighted by atomic mass is 10.00. The van der Waals surface area contributed by atoms with Crippen LogP contribution in [-0.2, 0) is 6.54 Å². The van der Waals surface area contributed by atoms with E-state index in [-0.39, 0.29) is 0 Å². The number of hydrogen-bond acceptors (Lipinski definition) is 3. The van der Waals surface area contributed by atoms with Crippen molar-refractivity contribution in [2.75, 3.05) is 13.1 Å². The molecule has 0 fully saturated rings. The largest absolute Gasteiger partial charge is 0.316 e. The van der Waals surface area contributed by atoms with Crippen LogP contribution in [0.1, 0.15) is 49.0 Å². The van der Waals surface area contributed by atoms with Crippen LogP contribution in [0.5, 0.6) is 0 Å². The number of nitrogens with one attached hydrogen (secondary N) is 1. The van der Waals surface area contributed by atoms with Gasteiger partial charge in [0, 0.05) is 6.54 Å². The Kier molecular flexibility index (Phi) is 5.51. The molecule has 0 spiro atoms. The van der Waals surface area contributed by atoms with Crippen LogP contribution in [0, 0.1) is 13.8 Å². The Morgan fingerprint density at radius 2 is 1.90 bits per heavy atom. The average Bonchev–Trinajstić information content (AvgIpc) is 2.78. The van der Waals surface area contributed by atoms with Gasteiger partial charge < -0.3 is 5.32 Å². The maximum absolute atomic E-state index is 4.41. The predicted molar refractivity (Wildman–Crippen MR) is 86.6 cm³/mol. The van der Waals surface area contributed by atoms with Gasteiger partial charge in [0.1, 0.15) is 11.6 Å². The number of benzene rings is 1. The summed E-state index contributed by atoms with van der Waals surface area (Å²) in [7, 11) is 0. The van der Waals surface area contributed by atoms with Gasteiger partial charge in [0.15, 0.2) is 0 Å². The highest BCUT2D eigenvalue weighted by atomic mass is 15.3. The van der Waals surface area contributed by atoms with E-state index in [0.717, 1.165) is 31.3 Å². The highest BCUT2D eigenvalue weighted by Crippen LogP contribution is 2.16. The Bertz CT molecular complexity index is 557. The van der Waals surface area contributed by atoms with E-state index in [0.29, 0.717) is 5.92 Å². The van der Waals surface area contributed by atoms with Crippen LogP contribution in [0.25, 0.3) is 0 Å². The van der Waals surface area contributed by atoms with E-state index in [4.69, 9.17) is 0 Å². The fourth-order valence-corrected chi connectivity index (χ4v) is 2.45. The second-order valence-corrected chi connectivity index (χ2v) is 5.71. The average molecular weight is 286 g/mol. The minimum Gasteiger partial charge on any atom is -0.316 e. The molecule has 4 nitrogen and oxygen atoms in total. The van der Waals surface area contributed by atoms with Gasteiger partial charge in [-0.3, -0.25) is 0 Å². The molecular weight excluding hydrogens is 260 g/mol. The molecule has 0 saturated carbocycles. The SMILES string of the molecule is CCCNCC(C)c1ccc(Cn2nc(C)nc2C)cc1. The van der Waals surface area contributed by atoms with Crippen molar-refractivity contribution in [3.8, 4) is 0 Å². The van der Waals surface area contributed by atoms with E-state index in [1.54, 1.807) is 0 Å². The predicted octanol–water partition coefficient (Wildman–Crippen LogP) is 3.05. The van der Waals surface area contributed by atoms with Crippen molar-refractivity contribution in [2.45, 2.75) is 46.6 Å². The quantitative estimate of drug-likeness (QED) is 0.796. The fraction of sp³-hybridized carbons (Fsp3) is 0.529. The van der Waals surface area contributed by atoms with Crippen molar-refractivity contribution >= 4 is 0 Å². The minimum atomic E-state index is 0.543. The summed E-state index contributed by atoms with van der Waals surface area (Å²) in [5.74, 6) is 2.34. The lowest BCUT2D eigenvalue weighted by molar-refractivity contribution is 0.608. The molecule has 114 valence electrons. The summed E-state index contributed by atoms with van der Waals surface area (Å²) >= 11 is 0. The maximum atomic E-state index is 4.41. The third kappa shape index (κ3) is 4.39. The van der Waals surface area contributed by atoms with Crippen LogP contribution in [0.15, 0.2) is 24.3 Å². The normalized spacial score (nSPS) is 12.6. The molecule has 1 N–H and O–H groups in total. The lowest BCUT2D eigenvalue weighted by Gasteiger charge is -2.13. The molecule has 4 heteroatoms. The van der Waals surface area contributed by atoms with E-state index in [1.807, 2.05) is 18.5 Å². The Labute approximate surface area is 127 Å². The fourth-order valence-electron chi connectivity index (χ4n) is 2.45. The van der Waals surface area contributed by atoms with Gasteiger partial charge in [-0.25, -0.2) is 9.67 Å². The van der Waals surface area contributed by atoms with Crippen LogP contribution >= 0.6 is 0 Å². The van der Waals surface area contributed by atoms with Crippen molar-refractivity contribution in [1.29, 1.82) is 0 Å². The number of nitrogens with zero attached hydrogens (tertiary/aromatic N) is 3.